The van der Waals surface area contributed by atoms with Gasteiger partial charge >= 0.3 is 0 Å². The topological polar surface area (TPSA) is 35.2 Å². The number of hydrogen-bond donors (Lipinski definition) is 1. The number of rotatable bonds is 4. The Bertz CT molecular complexity index is 661. The Morgan fingerprint density at radius 3 is 2.52 bits per heavy atom. The molecule has 0 aliphatic heterocycles. The molecule has 0 saturated carbocycles. The SMILES string of the molecule is CCOc1cc(Cl)c(C(N)c2cc(F)ccc2C)cc1Cl. The Morgan fingerprint density at radius 2 is 1.86 bits per heavy atom. The average molecular weight is 328 g/mol. The fraction of sp³-hybridized carbons (Fsp3) is 0.250. The van der Waals surface area contributed by atoms with E-state index in [1.807, 2.05) is 13.8 Å². The van der Waals surface area contributed by atoms with Crippen LogP contribution in [0.25, 0.3) is 0 Å². The minimum Gasteiger partial charge on any atom is -0.492 e. The molecule has 0 aliphatic rings. The number of halogens is 3. The van der Waals surface area contributed by atoms with Crippen molar-refractivity contribution in [2.45, 2.75) is 19.9 Å². The second-order valence-electron chi connectivity index (χ2n) is 4.72. The zero-order valence-corrected chi connectivity index (χ0v) is 13.3. The van der Waals surface area contributed by atoms with Crippen LogP contribution in [0.15, 0.2) is 30.3 Å². The lowest BCUT2D eigenvalue weighted by Gasteiger charge is -2.18. The van der Waals surface area contributed by atoms with Gasteiger partial charge in [-0.2, -0.15) is 0 Å². The Labute approximate surface area is 133 Å². The van der Waals surface area contributed by atoms with E-state index in [2.05, 4.69) is 0 Å². The molecule has 2 aromatic carbocycles. The summed E-state index contributed by atoms with van der Waals surface area (Å²) >= 11 is 12.4. The van der Waals surface area contributed by atoms with Crippen molar-refractivity contribution in [1.82, 2.24) is 0 Å². The van der Waals surface area contributed by atoms with E-state index in [4.69, 9.17) is 33.7 Å². The molecule has 0 spiro atoms. The van der Waals surface area contributed by atoms with Gasteiger partial charge in [-0.3, -0.25) is 0 Å². The maximum atomic E-state index is 13.4. The van der Waals surface area contributed by atoms with Crippen LogP contribution >= 0.6 is 23.2 Å². The highest BCUT2D eigenvalue weighted by atomic mass is 35.5. The van der Waals surface area contributed by atoms with Crippen LogP contribution in [0, 0.1) is 12.7 Å². The highest BCUT2D eigenvalue weighted by Crippen LogP contribution is 2.36. The first-order valence-electron chi connectivity index (χ1n) is 6.57. The lowest BCUT2D eigenvalue weighted by Crippen LogP contribution is -2.14. The Kier molecular flexibility index (Phi) is 5.09. The smallest absolute Gasteiger partial charge is 0.139 e. The molecule has 2 aromatic rings. The third-order valence-electron chi connectivity index (χ3n) is 3.26. The summed E-state index contributed by atoms with van der Waals surface area (Å²) in [5.74, 6) is 0.176. The molecule has 0 amide bonds. The number of hydrogen-bond acceptors (Lipinski definition) is 2. The van der Waals surface area contributed by atoms with E-state index < -0.39 is 6.04 Å². The van der Waals surface area contributed by atoms with Crippen LogP contribution in [0.2, 0.25) is 10.0 Å². The molecule has 2 N–H and O–H groups in total. The van der Waals surface area contributed by atoms with Gasteiger partial charge in [-0.25, -0.2) is 4.39 Å². The van der Waals surface area contributed by atoms with Crippen LogP contribution in [0.3, 0.4) is 0 Å². The molecule has 112 valence electrons. The molecule has 0 aliphatic carbocycles. The largest absolute Gasteiger partial charge is 0.492 e. The molecule has 2 rings (SSSR count). The standard InChI is InChI=1S/C16H16Cl2FNO/c1-3-21-15-8-13(17)12(7-14(15)18)16(20)11-6-10(19)5-4-9(11)2/h4-8,16H,3,20H2,1-2H3. The minimum atomic E-state index is -0.554. The molecule has 0 saturated heterocycles. The van der Waals surface area contributed by atoms with E-state index in [1.165, 1.54) is 12.1 Å². The van der Waals surface area contributed by atoms with Crippen molar-refractivity contribution < 1.29 is 9.13 Å². The molecule has 0 aromatic heterocycles. The molecular weight excluding hydrogens is 312 g/mol. The predicted molar refractivity (Wildman–Crippen MR) is 84.8 cm³/mol. The summed E-state index contributed by atoms with van der Waals surface area (Å²) in [6.45, 7) is 4.23. The molecule has 21 heavy (non-hydrogen) atoms. The first kappa shape index (κ1) is 16.1. The van der Waals surface area contributed by atoms with Crippen molar-refractivity contribution in [3.05, 3.63) is 62.9 Å². The van der Waals surface area contributed by atoms with Crippen LogP contribution in [0.4, 0.5) is 4.39 Å². The van der Waals surface area contributed by atoms with E-state index >= 15 is 0 Å². The number of aryl methyl sites for hydroxylation is 1. The van der Waals surface area contributed by atoms with Gasteiger partial charge in [0.15, 0.2) is 0 Å². The quantitative estimate of drug-likeness (QED) is 0.867. The summed E-state index contributed by atoms with van der Waals surface area (Å²) in [5, 5.41) is 0.875. The van der Waals surface area contributed by atoms with Crippen molar-refractivity contribution in [2.75, 3.05) is 6.61 Å². The van der Waals surface area contributed by atoms with Crippen LogP contribution in [-0.4, -0.2) is 6.61 Å². The fourth-order valence-electron chi connectivity index (χ4n) is 2.16. The van der Waals surface area contributed by atoms with E-state index in [9.17, 15) is 4.39 Å². The number of benzene rings is 2. The normalized spacial score (nSPS) is 12.3. The summed E-state index contributed by atoms with van der Waals surface area (Å²) in [7, 11) is 0. The maximum absolute atomic E-state index is 13.4. The van der Waals surface area contributed by atoms with Gasteiger partial charge in [-0.15, -0.1) is 0 Å². The summed E-state index contributed by atoms with van der Waals surface area (Å²) in [6, 6.07) is 7.26. The first-order chi connectivity index (χ1) is 9.93. The predicted octanol–water partition coefficient (Wildman–Crippen LogP) is 4.89. The Morgan fingerprint density at radius 1 is 1.14 bits per heavy atom. The van der Waals surface area contributed by atoms with Gasteiger partial charge < -0.3 is 10.5 Å². The van der Waals surface area contributed by atoms with Gasteiger partial charge in [0.25, 0.3) is 0 Å². The van der Waals surface area contributed by atoms with Crippen molar-refractivity contribution in [2.24, 2.45) is 5.73 Å². The van der Waals surface area contributed by atoms with Gasteiger partial charge in [-0.1, -0.05) is 29.3 Å². The van der Waals surface area contributed by atoms with Crippen LogP contribution in [0.1, 0.15) is 29.7 Å². The third-order valence-corrected chi connectivity index (χ3v) is 3.89. The summed E-state index contributed by atoms with van der Waals surface area (Å²) in [5.41, 5.74) is 8.44. The van der Waals surface area contributed by atoms with Crippen molar-refractivity contribution in [1.29, 1.82) is 0 Å². The van der Waals surface area contributed by atoms with Crippen molar-refractivity contribution in [3.63, 3.8) is 0 Å². The third kappa shape index (κ3) is 3.49. The Hall–Kier alpha value is -1.29. The number of nitrogens with two attached hydrogens (primary N) is 1. The van der Waals surface area contributed by atoms with E-state index in [0.29, 0.717) is 33.5 Å². The van der Waals surface area contributed by atoms with Gasteiger partial charge in [0.1, 0.15) is 11.6 Å². The van der Waals surface area contributed by atoms with Gasteiger partial charge in [0.2, 0.25) is 0 Å². The second-order valence-corrected chi connectivity index (χ2v) is 5.53. The fourth-order valence-corrected chi connectivity index (χ4v) is 2.66. The van der Waals surface area contributed by atoms with Crippen LogP contribution < -0.4 is 10.5 Å². The summed E-state index contributed by atoms with van der Waals surface area (Å²) in [4.78, 5) is 0. The van der Waals surface area contributed by atoms with Crippen molar-refractivity contribution in [3.8, 4) is 5.75 Å². The van der Waals surface area contributed by atoms with Crippen molar-refractivity contribution >= 4 is 23.2 Å². The lowest BCUT2D eigenvalue weighted by atomic mass is 9.95. The van der Waals surface area contributed by atoms with Crippen LogP contribution in [-0.2, 0) is 0 Å². The zero-order chi connectivity index (χ0) is 15.6. The molecule has 0 fully saturated rings. The number of ether oxygens (including phenoxy) is 1. The molecule has 1 atom stereocenters. The summed E-state index contributed by atoms with van der Waals surface area (Å²) < 4.78 is 18.8. The molecule has 5 heteroatoms. The molecule has 0 heterocycles. The lowest BCUT2D eigenvalue weighted by molar-refractivity contribution is 0.340. The zero-order valence-electron chi connectivity index (χ0n) is 11.8. The first-order valence-corrected chi connectivity index (χ1v) is 7.33. The average Bonchev–Trinajstić information content (AvgIpc) is 2.44. The second kappa shape index (κ2) is 6.65. The van der Waals surface area contributed by atoms with Crippen LogP contribution in [0.5, 0.6) is 5.75 Å². The molecule has 1 unspecified atom stereocenters. The van der Waals surface area contributed by atoms with Gasteiger partial charge in [-0.05, 0) is 48.7 Å². The minimum absolute atomic E-state index is 0.334. The molecule has 2 nitrogen and oxygen atoms in total. The van der Waals surface area contributed by atoms with E-state index in [-0.39, 0.29) is 5.82 Å². The van der Waals surface area contributed by atoms with E-state index in [1.54, 1.807) is 18.2 Å². The van der Waals surface area contributed by atoms with Gasteiger partial charge in [0.05, 0.1) is 17.7 Å². The molecule has 0 radical (unpaired) electrons. The molecular formula is C16H16Cl2FNO. The highest BCUT2D eigenvalue weighted by molar-refractivity contribution is 6.34. The Balaban J connectivity index is 2.46. The highest BCUT2D eigenvalue weighted by Gasteiger charge is 2.18. The summed E-state index contributed by atoms with van der Waals surface area (Å²) in [6.07, 6.45) is 0. The van der Waals surface area contributed by atoms with E-state index in [0.717, 1.165) is 5.56 Å². The molecule has 0 bridgehead atoms. The maximum Gasteiger partial charge on any atom is 0.139 e. The monoisotopic (exact) mass is 327 g/mol. The van der Waals surface area contributed by atoms with Gasteiger partial charge in [0, 0.05) is 11.1 Å².